The number of hydrogen-bond donors (Lipinski definition) is 1. The van der Waals surface area contributed by atoms with Gasteiger partial charge in [-0.3, -0.25) is 0 Å². The first-order valence-electron chi connectivity index (χ1n) is 7.29. The number of rotatable bonds is 3. The monoisotopic (exact) mass is 313 g/mol. The Kier molecular flexibility index (Phi) is 3.80. The highest BCUT2D eigenvalue weighted by Crippen LogP contribution is 2.49. The molecular formula is C15H20FNO3S. The van der Waals surface area contributed by atoms with Crippen LogP contribution in [-0.4, -0.2) is 27.7 Å². The molecule has 0 radical (unpaired) electrons. The molecule has 1 N–H and O–H groups in total. The lowest BCUT2D eigenvalue weighted by atomic mass is 9.60. The Balaban J connectivity index is 1.78. The van der Waals surface area contributed by atoms with Crippen molar-refractivity contribution in [1.82, 2.24) is 4.72 Å². The molecular weight excluding hydrogens is 293 g/mol. The van der Waals surface area contributed by atoms with Gasteiger partial charge in [-0.1, -0.05) is 0 Å². The number of aryl methyl sites for hydroxylation is 1. The van der Waals surface area contributed by atoms with Crippen molar-refractivity contribution in [1.29, 1.82) is 0 Å². The van der Waals surface area contributed by atoms with E-state index in [1.54, 1.807) is 6.92 Å². The standard InChI is InChI=1S/C15H20FNO3S/c1-11-10-12(2-3-13(11)16)21(18,19)17-14-4-5-15(14)6-8-20-9-7-15/h2-3,10,14,17H,4-9H2,1H3. The van der Waals surface area contributed by atoms with Crippen LogP contribution in [0.3, 0.4) is 0 Å². The van der Waals surface area contributed by atoms with Crippen LogP contribution in [-0.2, 0) is 14.8 Å². The van der Waals surface area contributed by atoms with Crippen molar-refractivity contribution in [3.63, 3.8) is 0 Å². The molecule has 4 nitrogen and oxygen atoms in total. The second-order valence-electron chi connectivity index (χ2n) is 6.10. The predicted molar refractivity (Wildman–Crippen MR) is 77.0 cm³/mol. The number of halogens is 1. The van der Waals surface area contributed by atoms with Crippen molar-refractivity contribution >= 4 is 10.0 Å². The number of nitrogens with one attached hydrogen (secondary N) is 1. The molecule has 21 heavy (non-hydrogen) atoms. The fourth-order valence-electron chi connectivity index (χ4n) is 3.30. The molecule has 1 aromatic rings. The summed E-state index contributed by atoms with van der Waals surface area (Å²) in [6.07, 6.45) is 3.72. The number of ether oxygens (including phenoxy) is 1. The van der Waals surface area contributed by atoms with Gasteiger partial charge >= 0.3 is 0 Å². The highest BCUT2D eigenvalue weighted by molar-refractivity contribution is 7.89. The molecule has 1 aromatic carbocycles. The average molecular weight is 313 g/mol. The molecule has 1 spiro atoms. The zero-order valence-electron chi connectivity index (χ0n) is 12.1. The van der Waals surface area contributed by atoms with Gasteiger partial charge in [0.2, 0.25) is 10.0 Å². The van der Waals surface area contributed by atoms with Gasteiger partial charge in [-0.05, 0) is 61.8 Å². The first kappa shape index (κ1) is 14.9. The normalized spacial score (nSPS) is 24.8. The van der Waals surface area contributed by atoms with E-state index in [2.05, 4.69) is 4.72 Å². The molecule has 1 aliphatic heterocycles. The Labute approximate surface area is 124 Å². The van der Waals surface area contributed by atoms with Crippen LogP contribution in [0.25, 0.3) is 0 Å². The van der Waals surface area contributed by atoms with Gasteiger partial charge in [0.15, 0.2) is 0 Å². The molecule has 1 unspecified atom stereocenters. The topological polar surface area (TPSA) is 55.4 Å². The third-order valence-corrected chi connectivity index (χ3v) is 6.37. The van der Waals surface area contributed by atoms with Gasteiger partial charge < -0.3 is 4.74 Å². The second-order valence-corrected chi connectivity index (χ2v) is 7.81. The minimum absolute atomic E-state index is 0.0308. The molecule has 0 bridgehead atoms. The maximum absolute atomic E-state index is 13.3. The molecule has 0 aromatic heterocycles. The predicted octanol–water partition coefficient (Wildman–Crippen LogP) is 2.37. The van der Waals surface area contributed by atoms with Crippen molar-refractivity contribution in [3.8, 4) is 0 Å². The van der Waals surface area contributed by atoms with Crippen LogP contribution in [0.4, 0.5) is 4.39 Å². The van der Waals surface area contributed by atoms with Crippen molar-refractivity contribution < 1.29 is 17.5 Å². The molecule has 3 rings (SSSR count). The van der Waals surface area contributed by atoms with Gasteiger partial charge in [-0.2, -0.15) is 0 Å². The van der Waals surface area contributed by atoms with E-state index < -0.39 is 15.8 Å². The van der Waals surface area contributed by atoms with Crippen molar-refractivity contribution in [2.45, 2.75) is 43.5 Å². The third-order valence-electron chi connectivity index (χ3n) is 4.90. The SMILES string of the molecule is Cc1cc(S(=O)(=O)NC2CCC23CCOCC3)ccc1F. The van der Waals surface area contributed by atoms with Crippen molar-refractivity contribution in [2.75, 3.05) is 13.2 Å². The van der Waals surface area contributed by atoms with E-state index in [4.69, 9.17) is 4.74 Å². The van der Waals surface area contributed by atoms with Gasteiger partial charge in [0.25, 0.3) is 0 Å². The van der Waals surface area contributed by atoms with E-state index in [0.29, 0.717) is 18.8 Å². The van der Waals surface area contributed by atoms with Gasteiger partial charge in [-0.25, -0.2) is 17.5 Å². The molecule has 2 aliphatic rings. The van der Waals surface area contributed by atoms with Gasteiger partial charge in [0.1, 0.15) is 5.82 Å². The van der Waals surface area contributed by atoms with Crippen LogP contribution in [0.1, 0.15) is 31.2 Å². The summed E-state index contributed by atoms with van der Waals surface area (Å²) in [5, 5.41) is 0. The van der Waals surface area contributed by atoms with Crippen LogP contribution in [0.5, 0.6) is 0 Å². The van der Waals surface area contributed by atoms with Crippen LogP contribution in [0.15, 0.2) is 23.1 Å². The lowest BCUT2D eigenvalue weighted by Gasteiger charge is -2.51. The van der Waals surface area contributed by atoms with E-state index in [0.717, 1.165) is 25.7 Å². The molecule has 0 amide bonds. The second kappa shape index (κ2) is 5.34. The Hall–Kier alpha value is -0.980. The summed E-state index contributed by atoms with van der Waals surface area (Å²) in [6.45, 7) is 2.97. The Morgan fingerprint density at radius 3 is 2.57 bits per heavy atom. The summed E-state index contributed by atoms with van der Waals surface area (Å²) in [4.78, 5) is 0.135. The Morgan fingerprint density at radius 1 is 1.29 bits per heavy atom. The molecule has 116 valence electrons. The van der Waals surface area contributed by atoms with Crippen LogP contribution >= 0.6 is 0 Å². The van der Waals surface area contributed by atoms with E-state index in [-0.39, 0.29) is 16.4 Å². The molecule has 1 saturated heterocycles. The fraction of sp³-hybridized carbons (Fsp3) is 0.600. The number of hydrogen-bond acceptors (Lipinski definition) is 3. The summed E-state index contributed by atoms with van der Waals surface area (Å²) in [5.74, 6) is -0.390. The van der Waals surface area contributed by atoms with Crippen molar-refractivity contribution in [2.24, 2.45) is 5.41 Å². The van der Waals surface area contributed by atoms with E-state index in [9.17, 15) is 12.8 Å². The van der Waals surface area contributed by atoms with Gasteiger partial charge in [0, 0.05) is 19.3 Å². The van der Waals surface area contributed by atoms with E-state index in [1.807, 2.05) is 0 Å². The Bertz CT molecular complexity index is 638. The number of benzene rings is 1. The summed E-state index contributed by atoms with van der Waals surface area (Å²) < 4.78 is 46.4. The quantitative estimate of drug-likeness (QED) is 0.932. The Morgan fingerprint density at radius 2 is 2.00 bits per heavy atom. The van der Waals surface area contributed by atoms with E-state index >= 15 is 0 Å². The van der Waals surface area contributed by atoms with E-state index in [1.165, 1.54) is 18.2 Å². The zero-order valence-corrected chi connectivity index (χ0v) is 12.9. The van der Waals surface area contributed by atoms with Crippen molar-refractivity contribution in [3.05, 3.63) is 29.6 Å². The fourth-order valence-corrected chi connectivity index (χ4v) is 4.75. The van der Waals surface area contributed by atoms with Gasteiger partial charge in [0.05, 0.1) is 4.90 Å². The van der Waals surface area contributed by atoms with Crippen LogP contribution in [0.2, 0.25) is 0 Å². The minimum atomic E-state index is -3.59. The maximum atomic E-state index is 13.3. The van der Waals surface area contributed by atoms with Gasteiger partial charge in [-0.15, -0.1) is 0 Å². The summed E-state index contributed by atoms with van der Waals surface area (Å²) in [7, 11) is -3.59. The van der Waals surface area contributed by atoms with Crippen LogP contribution in [0, 0.1) is 18.2 Å². The minimum Gasteiger partial charge on any atom is -0.381 e. The highest BCUT2D eigenvalue weighted by Gasteiger charge is 2.48. The number of sulfonamides is 1. The average Bonchev–Trinajstić information content (AvgIpc) is 2.47. The lowest BCUT2D eigenvalue weighted by Crippen LogP contribution is -2.57. The molecule has 1 saturated carbocycles. The summed E-state index contributed by atoms with van der Waals surface area (Å²) in [5.41, 5.74) is 0.396. The maximum Gasteiger partial charge on any atom is 0.240 e. The molecule has 6 heteroatoms. The first-order valence-corrected chi connectivity index (χ1v) is 8.78. The first-order chi connectivity index (χ1) is 9.93. The lowest BCUT2D eigenvalue weighted by molar-refractivity contribution is -0.0483. The molecule has 2 fully saturated rings. The zero-order chi connectivity index (χ0) is 15.1. The van der Waals surface area contributed by atoms with Crippen LogP contribution < -0.4 is 4.72 Å². The molecule has 1 aliphatic carbocycles. The third kappa shape index (κ3) is 2.72. The largest absolute Gasteiger partial charge is 0.381 e. The molecule has 1 heterocycles. The summed E-state index contributed by atoms with van der Waals surface area (Å²) in [6, 6.07) is 3.87. The highest BCUT2D eigenvalue weighted by atomic mass is 32.2. The molecule has 1 atom stereocenters. The smallest absolute Gasteiger partial charge is 0.240 e. The summed E-state index contributed by atoms with van der Waals surface area (Å²) >= 11 is 0.